The van der Waals surface area contributed by atoms with Gasteiger partial charge in [0.1, 0.15) is 12.8 Å². The maximum atomic E-state index is 13.7. The molecular formula is C14H17BrFNO2. The molecule has 2 rings (SSSR count). The van der Waals surface area contributed by atoms with Crippen molar-refractivity contribution in [3.8, 4) is 0 Å². The molecule has 1 aromatic carbocycles. The molecule has 1 fully saturated rings. The van der Waals surface area contributed by atoms with Crippen molar-refractivity contribution >= 4 is 22.0 Å². The summed E-state index contributed by atoms with van der Waals surface area (Å²) in [6, 6.07) is 9.12. The van der Waals surface area contributed by atoms with Crippen LogP contribution in [0, 0.1) is 0 Å². The zero-order chi connectivity index (χ0) is 13.7. The number of amides is 1. The summed E-state index contributed by atoms with van der Waals surface area (Å²) in [7, 11) is 0. The third-order valence-corrected chi connectivity index (χ3v) is 3.92. The lowest BCUT2D eigenvalue weighted by atomic mass is 10.1. The van der Waals surface area contributed by atoms with E-state index < -0.39 is 12.3 Å². The minimum absolute atomic E-state index is 0.230. The second-order valence-electron chi connectivity index (χ2n) is 4.61. The van der Waals surface area contributed by atoms with Crippen molar-refractivity contribution < 1.29 is 13.9 Å². The quantitative estimate of drug-likeness (QED) is 0.791. The topological polar surface area (TPSA) is 29.5 Å². The Balaban J connectivity index is 1.89. The lowest BCUT2D eigenvalue weighted by molar-refractivity contribution is 0.0782. The molecule has 0 radical (unpaired) electrons. The molecule has 0 N–H and O–H groups in total. The number of halogens is 2. The summed E-state index contributed by atoms with van der Waals surface area (Å²) in [6.45, 7) is 0.805. The largest absolute Gasteiger partial charge is 0.445 e. The first-order valence-electron chi connectivity index (χ1n) is 6.39. The minimum atomic E-state index is -1.04. The van der Waals surface area contributed by atoms with Crippen molar-refractivity contribution in [3.63, 3.8) is 0 Å². The Morgan fingerprint density at radius 2 is 2.21 bits per heavy atom. The average Bonchev–Trinajstić information content (AvgIpc) is 2.94. The SMILES string of the molecule is O=C(OCc1ccccc1)N1CCC[C@H]1C(F)CBr. The van der Waals surface area contributed by atoms with Crippen LogP contribution in [0.3, 0.4) is 0 Å². The fourth-order valence-electron chi connectivity index (χ4n) is 2.30. The van der Waals surface area contributed by atoms with E-state index in [1.807, 2.05) is 30.3 Å². The number of nitrogens with zero attached hydrogens (tertiary/aromatic N) is 1. The highest BCUT2D eigenvalue weighted by atomic mass is 79.9. The number of hydrogen-bond acceptors (Lipinski definition) is 2. The van der Waals surface area contributed by atoms with Gasteiger partial charge in [-0.2, -0.15) is 0 Å². The lowest BCUT2D eigenvalue weighted by Crippen LogP contribution is -2.42. The Kier molecular flexibility index (Phi) is 5.19. The van der Waals surface area contributed by atoms with Gasteiger partial charge in [-0.05, 0) is 18.4 Å². The van der Waals surface area contributed by atoms with Gasteiger partial charge >= 0.3 is 6.09 Å². The summed E-state index contributed by atoms with van der Waals surface area (Å²) in [4.78, 5) is 13.5. The van der Waals surface area contributed by atoms with Gasteiger partial charge in [0.05, 0.1) is 6.04 Å². The number of carbonyl (C=O) groups excluding carboxylic acids is 1. The maximum Gasteiger partial charge on any atom is 0.410 e. The van der Waals surface area contributed by atoms with Gasteiger partial charge in [-0.15, -0.1) is 0 Å². The van der Waals surface area contributed by atoms with Gasteiger partial charge in [0.15, 0.2) is 0 Å². The summed E-state index contributed by atoms with van der Waals surface area (Å²) in [5, 5.41) is 0.250. The summed E-state index contributed by atoms with van der Waals surface area (Å²) >= 11 is 3.12. The molecule has 2 atom stereocenters. The first-order chi connectivity index (χ1) is 9.22. The van der Waals surface area contributed by atoms with Crippen LogP contribution in [0.1, 0.15) is 18.4 Å². The van der Waals surface area contributed by atoms with E-state index in [4.69, 9.17) is 4.74 Å². The van der Waals surface area contributed by atoms with Crippen LogP contribution in [0.5, 0.6) is 0 Å². The second kappa shape index (κ2) is 6.89. The van der Waals surface area contributed by atoms with Crippen LogP contribution in [0.4, 0.5) is 9.18 Å². The number of hydrogen-bond donors (Lipinski definition) is 0. The number of carbonyl (C=O) groups is 1. The highest BCUT2D eigenvalue weighted by molar-refractivity contribution is 9.09. The molecule has 1 heterocycles. The molecule has 1 unspecified atom stereocenters. The third kappa shape index (κ3) is 3.69. The molecule has 0 saturated carbocycles. The fraction of sp³-hybridized carbons (Fsp3) is 0.500. The van der Waals surface area contributed by atoms with Crippen LogP contribution in [0.25, 0.3) is 0 Å². The molecule has 1 aromatic rings. The summed E-state index contributed by atoms with van der Waals surface area (Å²) in [5.74, 6) is 0. The first-order valence-corrected chi connectivity index (χ1v) is 7.52. The summed E-state index contributed by atoms with van der Waals surface area (Å²) in [5.41, 5.74) is 0.934. The summed E-state index contributed by atoms with van der Waals surface area (Å²) in [6.07, 6.45) is 0.0767. The molecule has 0 spiro atoms. The molecule has 3 nitrogen and oxygen atoms in total. The predicted octanol–water partition coefficient (Wildman–Crippen LogP) is 3.52. The van der Waals surface area contributed by atoms with Gasteiger partial charge in [-0.25, -0.2) is 9.18 Å². The van der Waals surface area contributed by atoms with E-state index >= 15 is 0 Å². The molecule has 1 aliphatic rings. The number of rotatable bonds is 4. The van der Waals surface area contributed by atoms with E-state index in [-0.39, 0.29) is 18.0 Å². The van der Waals surface area contributed by atoms with E-state index in [0.717, 1.165) is 12.0 Å². The van der Waals surface area contributed by atoms with Crippen LogP contribution in [0.2, 0.25) is 0 Å². The van der Waals surface area contributed by atoms with E-state index in [1.165, 1.54) is 4.90 Å². The summed E-state index contributed by atoms with van der Waals surface area (Å²) < 4.78 is 19.0. The number of likely N-dealkylation sites (tertiary alicyclic amines) is 1. The Morgan fingerprint density at radius 3 is 2.89 bits per heavy atom. The first kappa shape index (κ1) is 14.3. The number of alkyl halides is 2. The highest BCUT2D eigenvalue weighted by Gasteiger charge is 2.35. The second-order valence-corrected chi connectivity index (χ2v) is 5.26. The molecule has 0 aromatic heterocycles. The van der Waals surface area contributed by atoms with Gasteiger partial charge in [-0.1, -0.05) is 46.3 Å². The van der Waals surface area contributed by atoms with Crippen molar-refractivity contribution in [3.05, 3.63) is 35.9 Å². The average molecular weight is 330 g/mol. The molecule has 0 aliphatic carbocycles. The Labute approximate surface area is 120 Å². The van der Waals surface area contributed by atoms with Crippen LogP contribution < -0.4 is 0 Å². The van der Waals surface area contributed by atoms with Crippen molar-refractivity contribution in [1.29, 1.82) is 0 Å². The Morgan fingerprint density at radius 1 is 1.47 bits per heavy atom. The molecule has 1 aliphatic heterocycles. The molecule has 1 amide bonds. The van der Waals surface area contributed by atoms with Gasteiger partial charge in [0, 0.05) is 11.9 Å². The molecule has 5 heteroatoms. The van der Waals surface area contributed by atoms with E-state index in [0.29, 0.717) is 13.0 Å². The number of benzene rings is 1. The van der Waals surface area contributed by atoms with Crippen LogP contribution >= 0.6 is 15.9 Å². The van der Waals surface area contributed by atoms with E-state index in [2.05, 4.69) is 15.9 Å². The van der Waals surface area contributed by atoms with Crippen molar-refractivity contribution in [2.45, 2.75) is 31.7 Å². The van der Waals surface area contributed by atoms with Gasteiger partial charge < -0.3 is 9.64 Å². The maximum absolute atomic E-state index is 13.7. The molecular weight excluding hydrogens is 313 g/mol. The third-order valence-electron chi connectivity index (χ3n) is 3.30. The van der Waals surface area contributed by atoms with Crippen molar-refractivity contribution in [2.24, 2.45) is 0 Å². The normalized spacial score (nSPS) is 20.3. The lowest BCUT2D eigenvalue weighted by Gasteiger charge is -2.25. The molecule has 104 valence electrons. The Hall–Kier alpha value is -1.10. The van der Waals surface area contributed by atoms with Gasteiger partial charge in [0.25, 0.3) is 0 Å². The molecule has 1 saturated heterocycles. The zero-order valence-electron chi connectivity index (χ0n) is 10.6. The van der Waals surface area contributed by atoms with Gasteiger partial charge in [-0.3, -0.25) is 0 Å². The van der Waals surface area contributed by atoms with Crippen molar-refractivity contribution in [2.75, 3.05) is 11.9 Å². The highest BCUT2D eigenvalue weighted by Crippen LogP contribution is 2.24. The minimum Gasteiger partial charge on any atom is -0.445 e. The van der Waals surface area contributed by atoms with Crippen LogP contribution in [-0.2, 0) is 11.3 Å². The Bertz CT molecular complexity index is 415. The monoisotopic (exact) mass is 329 g/mol. The predicted molar refractivity (Wildman–Crippen MR) is 75.0 cm³/mol. The molecule has 0 bridgehead atoms. The zero-order valence-corrected chi connectivity index (χ0v) is 12.2. The smallest absolute Gasteiger partial charge is 0.410 e. The standard InChI is InChI=1S/C14H17BrFNO2/c15-9-12(16)13-7-4-8-17(13)14(18)19-10-11-5-2-1-3-6-11/h1-3,5-6,12-13H,4,7-10H2/t12?,13-/m0/s1. The fourth-order valence-corrected chi connectivity index (χ4v) is 2.73. The van der Waals surface area contributed by atoms with Crippen LogP contribution in [0.15, 0.2) is 30.3 Å². The molecule has 19 heavy (non-hydrogen) atoms. The van der Waals surface area contributed by atoms with E-state index in [9.17, 15) is 9.18 Å². The van der Waals surface area contributed by atoms with Gasteiger partial charge in [0.2, 0.25) is 0 Å². The van der Waals surface area contributed by atoms with E-state index in [1.54, 1.807) is 0 Å². The number of ether oxygens (including phenoxy) is 1. The van der Waals surface area contributed by atoms with Crippen LogP contribution in [-0.4, -0.2) is 35.1 Å². The van der Waals surface area contributed by atoms with Crippen molar-refractivity contribution in [1.82, 2.24) is 4.90 Å².